The van der Waals surface area contributed by atoms with E-state index in [-0.39, 0.29) is 5.82 Å². The van der Waals surface area contributed by atoms with Crippen molar-refractivity contribution < 1.29 is 13.2 Å². The van der Waals surface area contributed by atoms with Gasteiger partial charge in [-0.15, -0.1) is 0 Å². The average molecular weight is 276 g/mol. The third-order valence-electron chi connectivity index (χ3n) is 2.21. The maximum Gasteiger partial charge on any atom is 0.408 e. The number of hydrogen-bond acceptors (Lipinski definition) is 2. The second kappa shape index (κ2) is 4.61. The molecule has 0 spiro atoms. The molecule has 2 rings (SSSR count). The molecule has 2 aromatic rings. The summed E-state index contributed by atoms with van der Waals surface area (Å²) < 4.78 is 38.0. The van der Waals surface area contributed by atoms with E-state index in [1.54, 1.807) is 31.2 Å². The SMILES string of the molecule is Cc1nc(-c2ccc(Cl)cc2)n(CC(F)(F)F)n1. The molecule has 1 heterocycles. The Morgan fingerprint density at radius 3 is 2.39 bits per heavy atom. The largest absolute Gasteiger partial charge is 0.408 e. The number of rotatable bonds is 2. The van der Waals surface area contributed by atoms with Gasteiger partial charge in [-0.2, -0.15) is 18.3 Å². The molecule has 0 atom stereocenters. The van der Waals surface area contributed by atoms with Crippen molar-refractivity contribution in [2.45, 2.75) is 19.6 Å². The molecule has 0 aliphatic carbocycles. The van der Waals surface area contributed by atoms with Crippen molar-refractivity contribution in [1.29, 1.82) is 0 Å². The number of nitrogens with zero attached hydrogens (tertiary/aromatic N) is 3. The topological polar surface area (TPSA) is 30.7 Å². The number of benzene rings is 1. The zero-order valence-corrected chi connectivity index (χ0v) is 10.1. The smallest absolute Gasteiger partial charge is 0.236 e. The van der Waals surface area contributed by atoms with Crippen molar-refractivity contribution in [3.8, 4) is 11.4 Å². The summed E-state index contributed by atoms with van der Waals surface area (Å²) in [5, 5.41) is 4.26. The summed E-state index contributed by atoms with van der Waals surface area (Å²) >= 11 is 5.73. The Labute approximate surface area is 106 Å². The van der Waals surface area contributed by atoms with Crippen LogP contribution in [0.4, 0.5) is 13.2 Å². The van der Waals surface area contributed by atoms with E-state index in [4.69, 9.17) is 11.6 Å². The van der Waals surface area contributed by atoms with Gasteiger partial charge in [0, 0.05) is 10.6 Å². The van der Waals surface area contributed by atoms with Crippen LogP contribution in [0, 0.1) is 6.92 Å². The third kappa shape index (κ3) is 3.01. The van der Waals surface area contributed by atoms with Gasteiger partial charge < -0.3 is 0 Å². The van der Waals surface area contributed by atoms with Gasteiger partial charge in [0.15, 0.2) is 5.82 Å². The molecule has 0 unspecified atom stereocenters. The Kier molecular flexibility index (Phi) is 3.30. The van der Waals surface area contributed by atoms with Crippen LogP contribution in [0.2, 0.25) is 5.02 Å². The fourth-order valence-electron chi connectivity index (χ4n) is 1.55. The van der Waals surface area contributed by atoms with Gasteiger partial charge in [0.05, 0.1) is 0 Å². The lowest BCUT2D eigenvalue weighted by atomic mass is 10.2. The Balaban J connectivity index is 2.41. The average Bonchev–Trinajstić information content (AvgIpc) is 2.58. The Bertz CT molecular complexity index is 546. The first-order chi connectivity index (χ1) is 8.35. The molecule has 0 N–H and O–H groups in total. The predicted molar refractivity (Wildman–Crippen MR) is 61.3 cm³/mol. The minimum atomic E-state index is -4.33. The van der Waals surface area contributed by atoms with Crippen molar-refractivity contribution in [2.75, 3.05) is 0 Å². The van der Waals surface area contributed by atoms with Crippen LogP contribution in [0.15, 0.2) is 24.3 Å². The van der Waals surface area contributed by atoms with Crippen LogP contribution in [0.3, 0.4) is 0 Å². The summed E-state index contributed by atoms with van der Waals surface area (Å²) in [6.07, 6.45) is -4.33. The Hall–Kier alpha value is -1.56. The third-order valence-corrected chi connectivity index (χ3v) is 2.46. The molecule has 0 amide bonds. The molecule has 96 valence electrons. The number of aryl methyl sites for hydroxylation is 1. The number of hydrogen-bond donors (Lipinski definition) is 0. The highest BCUT2D eigenvalue weighted by atomic mass is 35.5. The van der Waals surface area contributed by atoms with E-state index in [2.05, 4.69) is 10.1 Å². The van der Waals surface area contributed by atoms with Crippen molar-refractivity contribution in [3.63, 3.8) is 0 Å². The van der Waals surface area contributed by atoms with Crippen LogP contribution in [0.25, 0.3) is 11.4 Å². The number of halogens is 4. The standard InChI is InChI=1S/C11H9ClF3N3/c1-7-16-10(8-2-4-9(12)5-3-8)18(17-7)6-11(13,14)15/h2-5H,6H2,1H3. The second-order valence-electron chi connectivity index (χ2n) is 3.76. The fraction of sp³-hybridized carbons (Fsp3) is 0.273. The van der Waals surface area contributed by atoms with E-state index in [0.717, 1.165) is 4.68 Å². The van der Waals surface area contributed by atoms with Crippen molar-refractivity contribution >= 4 is 11.6 Å². The van der Waals surface area contributed by atoms with Crippen LogP contribution < -0.4 is 0 Å². The molecule has 0 aliphatic rings. The second-order valence-corrected chi connectivity index (χ2v) is 4.20. The molecule has 0 saturated carbocycles. The van der Waals surface area contributed by atoms with Gasteiger partial charge in [-0.1, -0.05) is 11.6 Å². The first-order valence-corrected chi connectivity index (χ1v) is 5.47. The summed E-state index contributed by atoms with van der Waals surface area (Å²) in [4.78, 5) is 4.00. The zero-order valence-electron chi connectivity index (χ0n) is 9.37. The molecule has 1 aromatic heterocycles. The number of aromatic nitrogens is 3. The summed E-state index contributed by atoms with van der Waals surface area (Å²) in [7, 11) is 0. The predicted octanol–water partition coefficient (Wildman–Crippen LogP) is 3.47. The Morgan fingerprint density at radius 1 is 1.22 bits per heavy atom. The first kappa shape index (κ1) is 12.9. The lowest BCUT2D eigenvalue weighted by Gasteiger charge is -2.08. The normalized spacial score (nSPS) is 11.8. The van der Waals surface area contributed by atoms with E-state index in [9.17, 15) is 13.2 Å². The molecule has 0 saturated heterocycles. The Morgan fingerprint density at radius 2 is 1.83 bits per heavy atom. The maximum atomic E-state index is 12.4. The molecule has 0 fully saturated rings. The highest BCUT2D eigenvalue weighted by Crippen LogP contribution is 2.24. The van der Waals surface area contributed by atoms with Gasteiger partial charge in [0.2, 0.25) is 0 Å². The van der Waals surface area contributed by atoms with E-state index < -0.39 is 12.7 Å². The minimum Gasteiger partial charge on any atom is -0.236 e. The molecule has 0 bridgehead atoms. The highest BCUT2D eigenvalue weighted by Gasteiger charge is 2.30. The molecule has 0 aliphatic heterocycles. The van der Waals surface area contributed by atoms with Crippen molar-refractivity contribution in [1.82, 2.24) is 14.8 Å². The van der Waals surface area contributed by atoms with Crippen LogP contribution in [0.5, 0.6) is 0 Å². The van der Waals surface area contributed by atoms with Crippen molar-refractivity contribution in [2.24, 2.45) is 0 Å². The summed E-state index contributed by atoms with van der Waals surface area (Å²) in [6, 6.07) is 6.41. The molecular weight excluding hydrogens is 267 g/mol. The lowest BCUT2D eigenvalue weighted by Crippen LogP contribution is -2.19. The van der Waals surface area contributed by atoms with Gasteiger partial charge >= 0.3 is 6.18 Å². The van der Waals surface area contributed by atoms with E-state index in [0.29, 0.717) is 16.4 Å². The van der Waals surface area contributed by atoms with Crippen LogP contribution >= 0.6 is 11.6 Å². The molecular formula is C11H9ClF3N3. The molecule has 7 heteroatoms. The summed E-state index contributed by atoms with van der Waals surface area (Å²) in [5.41, 5.74) is 0.546. The quantitative estimate of drug-likeness (QED) is 0.840. The zero-order chi connectivity index (χ0) is 13.3. The highest BCUT2D eigenvalue weighted by molar-refractivity contribution is 6.30. The van der Waals surface area contributed by atoms with Crippen LogP contribution in [0.1, 0.15) is 5.82 Å². The lowest BCUT2D eigenvalue weighted by molar-refractivity contribution is -0.142. The van der Waals surface area contributed by atoms with Gasteiger partial charge in [-0.05, 0) is 31.2 Å². The monoisotopic (exact) mass is 275 g/mol. The van der Waals surface area contributed by atoms with Gasteiger partial charge in [-0.25, -0.2) is 9.67 Å². The molecule has 0 radical (unpaired) electrons. The molecule has 3 nitrogen and oxygen atoms in total. The maximum absolute atomic E-state index is 12.4. The summed E-state index contributed by atoms with van der Waals surface area (Å²) in [5.74, 6) is 0.477. The first-order valence-electron chi connectivity index (χ1n) is 5.09. The van der Waals surface area contributed by atoms with E-state index in [1.165, 1.54) is 0 Å². The molecule has 1 aromatic carbocycles. The summed E-state index contributed by atoms with van der Waals surface area (Å²) in [6.45, 7) is 0.387. The van der Waals surface area contributed by atoms with Gasteiger partial charge in [0.1, 0.15) is 12.4 Å². The molecule has 18 heavy (non-hydrogen) atoms. The van der Waals surface area contributed by atoms with Gasteiger partial charge in [0.25, 0.3) is 0 Å². The van der Waals surface area contributed by atoms with Crippen LogP contribution in [-0.2, 0) is 6.54 Å². The van der Waals surface area contributed by atoms with Crippen LogP contribution in [-0.4, -0.2) is 20.9 Å². The van der Waals surface area contributed by atoms with Crippen molar-refractivity contribution in [3.05, 3.63) is 35.1 Å². The minimum absolute atomic E-state index is 0.182. The van der Waals surface area contributed by atoms with Gasteiger partial charge in [-0.3, -0.25) is 0 Å². The van der Waals surface area contributed by atoms with E-state index in [1.807, 2.05) is 0 Å². The number of alkyl halides is 3. The van der Waals surface area contributed by atoms with E-state index >= 15 is 0 Å². The fourth-order valence-corrected chi connectivity index (χ4v) is 1.67.